The number of benzene rings is 1. The van der Waals surface area contributed by atoms with Crippen LogP contribution in [0, 0.1) is 0 Å². The first-order chi connectivity index (χ1) is 12.8. The number of nitrogens with one attached hydrogen (secondary N) is 1. The lowest BCUT2D eigenvalue weighted by Gasteiger charge is -2.11. The SMILES string of the molecule is O=C(NCCCn1ccc2ccccc21)c1ccc(CN2CCCC2)o1. The molecule has 1 saturated heterocycles. The largest absolute Gasteiger partial charge is 0.455 e. The Labute approximate surface area is 153 Å². The van der Waals surface area contributed by atoms with Crippen LogP contribution in [0.1, 0.15) is 35.6 Å². The highest BCUT2D eigenvalue weighted by Gasteiger charge is 2.15. The molecule has 0 aliphatic carbocycles. The van der Waals surface area contributed by atoms with Gasteiger partial charge in [0.1, 0.15) is 5.76 Å². The number of carbonyl (C=O) groups is 1. The maximum absolute atomic E-state index is 12.2. The summed E-state index contributed by atoms with van der Waals surface area (Å²) in [5, 5.41) is 4.20. The topological polar surface area (TPSA) is 50.4 Å². The number of aryl methyl sites for hydroxylation is 1. The van der Waals surface area contributed by atoms with Gasteiger partial charge in [0.25, 0.3) is 5.91 Å². The lowest BCUT2D eigenvalue weighted by atomic mass is 10.2. The van der Waals surface area contributed by atoms with E-state index in [0.717, 1.165) is 38.4 Å². The fourth-order valence-corrected chi connectivity index (χ4v) is 3.62. The van der Waals surface area contributed by atoms with Gasteiger partial charge in [-0.25, -0.2) is 0 Å². The van der Waals surface area contributed by atoms with Crippen molar-refractivity contribution in [1.29, 1.82) is 0 Å². The first-order valence-electron chi connectivity index (χ1n) is 9.43. The minimum Gasteiger partial charge on any atom is -0.455 e. The molecule has 1 aromatic carbocycles. The van der Waals surface area contributed by atoms with Crippen LogP contribution >= 0.6 is 0 Å². The number of hydrogen-bond acceptors (Lipinski definition) is 3. The van der Waals surface area contributed by atoms with Gasteiger partial charge in [0, 0.05) is 24.8 Å². The Bertz CT molecular complexity index is 874. The predicted molar refractivity (Wildman–Crippen MR) is 102 cm³/mol. The predicted octanol–water partition coefficient (Wildman–Crippen LogP) is 3.65. The van der Waals surface area contributed by atoms with Crippen LogP contribution in [0.2, 0.25) is 0 Å². The number of aromatic nitrogens is 1. The second-order valence-electron chi connectivity index (χ2n) is 6.93. The van der Waals surface area contributed by atoms with E-state index in [0.29, 0.717) is 12.3 Å². The molecule has 1 aliphatic heterocycles. The molecular weight excluding hydrogens is 326 g/mol. The van der Waals surface area contributed by atoms with Crippen molar-refractivity contribution in [3.8, 4) is 0 Å². The Morgan fingerprint density at radius 3 is 2.81 bits per heavy atom. The third kappa shape index (κ3) is 3.83. The van der Waals surface area contributed by atoms with Crippen LogP contribution in [0.5, 0.6) is 0 Å². The Morgan fingerprint density at radius 1 is 1.08 bits per heavy atom. The van der Waals surface area contributed by atoms with Crippen molar-refractivity contribution in [3.63, 3.8) is 0 Å². The molecular formula is C21H25N3O2. The summed E-state index contributed by atoms with van der Waals surface area (Å²) in [6.07, 6.45) is 5.49. The van der Waals surface area contributed by atoms with Gasteiger partial charge >= 0.3 is 0 Å². The van der Waals surface area contributed by atoms with Gasteiger partial charge in [0.05, 0.1) is 6.54 Å². The summed E-state index contributed by atoms with van der Waals surface area (Å²) in [5.74, 6) is 1.15. The molecule has 4 rings (SSSR count). The van der Waals surface area contributed by atoms with E-state index in [1.165, 1.54) is 23.7 Å². The summed E-state index contributed by atoms with van der Waals surface area (Å²) in [5.41, 5.74) is 1.23. The number of likely N-dealkylation sites (tertiary alicyclic amines) is 1. The summed E-state index contributed by atoms with van der Waals surface area (Å²) >= 11 is 0. The lowest BCUT2D eigenvalue weighted by molar-refractivity contribution is 0.0921. The second kappa shape index (κ2) is 7.79. The summed E-state index contributed by atoms with van der Waals surface area (Å²) < 4.78 is 7.93. The highest BCUT2D eigenvalue weighted by Crippen LogP contribution is 2.16. The smallest absolute Gasteiger partial charge is 0.286 e. The molecule has 0 atom stereocenters. The standard InChI is InChI=1S/C21H25N3O2/c25-21(20-9-8-18(26-20)16-23-12-3-4-13-23)22-11-5-14-24-15-10-17-6-1-2-7-19(17)24/h1-2,6-10,15H,3-5,11-14,16H2,(H,22,25). The average molecular weight is 351 g/mol. The highest BCUT2D eigenvalue weighted by atomic mass is 16.4. The summed E-state index contributed by atoms with van der Waals surface area (Å²) in [6.45, 7) is 4.56. The average Bonchev–Trinajstić information content (AvgIpc) is 3.40. The molecule has 0 radical (unpaired) electrons. The maximum Gasteiger partial charge on any atom is 0.286 e. The van der Waals surface area contributed by atoms with Gasteiger partial charge in [0.15, 0.2) is 5.76 Å². The van der Waals surface area contributed by atoms with Gasteiger partial charge in [-0.1, -0.05) is 18.2 Å². The number of hydrogen-bond donors (Lipinski definition) is 1. The van der Waals surface area contributed by atoms with Crippen molar-refractivity contribution in [2.75, 3.05) is 19.6 Å². The Balaban J connectivity index is 1.24. The first kappa shape index (κ1) is 16.9. The Kier molecular flexibility index (Phi) is 5.07. The molecule has 2 aromatic heterocycles. The molecule has 136 valence electrons. The molecule has 5 nitrogen and oxygen atoms in total. The zero-order chi connectivity index (χ0) is 17.8. The molecule has 3 aromatic rings. The van der Waals surface area contributed by atoms with E-state index >= 15 is 0 Å². The van der Waals surface area contributed by atoms with Crippen LogP contribution in [0.15, 0.2) is 53.1 Å². The van der Waals surface area contributed by atoms with Crippen molar-refractivity contribution < 1.29 is 9.21 Å². The number of para-hydroxylation sites is 1. The second-order valence-corrected chi connectivity index (χ2v) is 6.93. The normalized spacial score (nSPS) is 14.9. The Morgan fingerprint density at radius 2 is 1.92 bits per heavy atom. The van der Waals surface area contributed by atoms with E-state index in [-0.39, 0.29) is 5.91 Å². The highest BCUT2D eigenvalue weighted by molar-refractivity contribution is 5.91. The fourth-order valence-electron chi connectivity index (χ4n) is 3.62. The van der Waals surface area contributed by atoms with Crippen molar-refractivity contribution in [3.05, 3.63) is 60.2 Å². The molecule has 0 bridgehead atoms. The van der Waals surface area contributed by atoms with Crippen LogP contribution in [-0.2, 0) is 13.1 Å². The summed E-state index contributed by atoms with van der Waals surface area (Å²) in [6, 6.07) is 14.2. The van der Waals surface area contributed by atoms with Crippen LogP contribution in [0.4, 0.5) is 0 Å². The lowest BCUT2D eigenvalue weighted by Crippen LogP contribution is -2.24. The number of nitrogens with zero attached hydrogens (tertiary/aromatic N) is 2. The van der Waals surface area contributed by atoms with Gasteiger partial charge in [-0.15, -0.1) is 0 Å². The zero-order valence-electron chi connectivity index (χ0n) is 15.0. The first-order valence-corrected chi connectivity index (χ1v) is 9.43. The van der Waals surface area contributed by atoms with E-state index in [4.69, 9.17) is 4.42 Å². The van der Waals surface area contributed by atoms with Crippen molar-refractivity contribution in [2.24, 2.45) is 0 Å². The molecule has 3 heterocycles. The zero-order valence-corrected chi connectivity index (χ0v) is 15.0. The molecule has 0 spiro atoms. The molecule has 5 heteroatoms. The number of rotatable bonds is 7. The number of fused-ring (bicyclic) bond motifs is 1. The van der Waals surface area contributed by atoms with Crippen LogP contribution < -0.4 is 5.32 Å². The van der Waals surface area contributed by atoms with E-state index < -0.39 is 0 Å². The molecule has 1 fully saturated rings. The van der Waals surface area contributed by atoms with Gasteiger partial charge in [-0.2, -0.15) is 0 Å². The number of amides is 1. The van der Waals surface area contributed by atoms with Gasteiger partial charge in [-0.3, -0.25) is 9.69 Å². The van der Waals surface area contributed by atoms with Crippen molar-refractivity contribution in [2.45, 2.75) is 32.4 Å². The summed E-state index contributed by atoms with van der Waals surface area (Å²) in [7, 11) is 0. The van der Waals surface area contributed by atoms with Crippen LogP contribution in [0.3, 0.4) is 0 Å². The van der Waals surface area contributed by atoms with Gasteiger partial charge in [0.2, 0.25) is 0 Å². The minimum absolute atomic E-state index is 0.130. The van der Waals surface area contributed by atoms with Crippen LogP contribution in [0.25, 0.3) is 10.9 Å². The number of furan rings is 1. The minimum atomic E-state index is -0.130. The Hall–Kier alpha value is -2.53. The fraction of sp³-hybridized carbons (Fsp3) is 0.381. The van der Waals surface area contributed by atoms with Gasteiger partial charge < -0.3 is 14.3 Å². The van der Waals surface area contributed by atoms with Gasteiger partial charge in [-0.05, 0) is 62.0 Å². The van der Waals surface area contributed by atoms with Crippen molar-refractivity contribution >= 4 is 16.8 Å². The van der Waals surface area contributed by atoms with E-state index in [2.05, 4.69) is 45.2 Å². The maximum atomic E-state index is 12.2. The van der Waals surface area contributed by atoms with Crippen LogP contribution in [-0.4, -0.2) is 35.0 Å². The molecule has 1 amide bonds. The molecule has 0 saturated carbocycles. The molecule has 26 heavy (non-hydrogen) atoms. The monoisotopic (exact) mass is 351 g/mol. The summed E-state index contributed by atoms with van der Waals surface area (Å²) in [4.78, 5) is 14.6. The number of carbonyl (C=O) groups excluding carboxylic acids is 1. The molecule has 1 N–H and O–H groups in total. The molecule has 0 unspecified atom stereocenters. The van der Waals surface area contributed by atoms with E-state index in [9.17, 15) is 4.79 Å². The third-order valence-corrected chi connectivity index (χ3v) is 5.01. The third-order valence-electron chi connectivity index (χ3n) is 5.01. The quantitative estimate of drug-likeness (QED) is 0.661. The van der Waals surface area contributed by atoms with E-state index in [1.54, 1.807) is 6.07 Å². The van der Waals surface area contributed by atoms with Crippen molar-refractivity contribution in [1.82, 2.24) is 14.8 Å². The molecule has 1 aliphatic rings. The van der Waals surface area contributed by atoms with E-state index in [1.807, 2.05) is 12.1 Å².